The third kappa shape index (κ3) is 3.72. The molecule has 0 spiro atoms. The number of carbonyl (C=O) groups is 2. The fourth-order valence-electron chi connectivity index (χ4n) is 2.50. The van der Waals surface area contributed by atoms with Gasteiger partial charge in [0.2, 0.25) is 5.91 Å². The number of benzene rings is 1. The Morgan fingerprint density at radius 2 is 1.90 bits per heavy atom. The lowest BCUT2D eigenvalue weighted by Crippen LogP contribution is -2.47. The van der Waals surface area contributed by atoms with Crippen molar-refractivity contribution < 1.29 is 19.4 Å². The second-order valence-electron chi connectivity index (χ2n) is 5.11. The number of hydrogen-bond donors (Lipinski definition) is 1. The van der Waals surface area contributed by atoms with Crippen LogP contribution in [0.1, 0.15) is 22.8 Å². The van der Waals surface area contributed by atoms with E-state index in [4.69, 9.17) is 9.84 Å². The molecular weight excluding hydrogens is 272 g/mol. The highest BCUT2D eigenvalue weighted by Crippen LogP contribution is 2.22. The van der Waals surface area contributed by atoms with Crippen molar-refractivity contribution in [3.8, 4) is 5.75 Å². The molecule has 1 saturated heterocycles. The molecule has 0 aromatic heterocycles. The lowest BCUT2D eigenvalue weighted by molar-refractivity contribution is -0.130. The summed E-state index contributed by atoms with van der Waals surface area (Å²) in [7, 11) is 1.58. The summed E-state index contributed by atoms with van der Waals surface area (Å²) < 4.78 is 5.30. The molecule has 0 radical (unpaired) electrons. The molecule has 1 aliphatic rings. The summed E-state index contributed by atoms with van der Waals surface area (Å²) in [6.07, 6.45) is 0. The molecule has 6 nitrogen and oxygen atoms in total. The smallest absolute Gasteiger partial charge is 0.335 e. The van der Waals surface area contributed by atoms with Crippen LogP contribution in [0.2, 0.25) is 0 Å². The largest absolute Gasteiger partial charge is 0.496 e. The van der Waals surface area contributed by atoms with Gasteiger partial charge in [-0.1, -0.05) is 0 Å². The van der Waals surface area contributed by atoms with Crippen LogP contribution in [0.3, 0.4) is 0 Å². The highest BCUT2D eigenvalue weighted by Gasteiger charge is 2.20. The first-order chi connectivity index (χ1) is 10.0. The van der Waals surface area contributed by atoms with Gasteiger partial charge in [-0.25, -0.2) is 4.79 Å². The van der Waals surface area contributed by atoms with E-state index in [9.17, 15) is 9.59 Å². The molecule has 0 unspecified atom stereocenters. The third-order valence-corrected chi connectivity index (χ3v) is 3.74. The van der Waals surface area contributed by atoms with Gasteiger partial charge >= 0.3 is 5.97 Å². The lowest BCUT2D eigenvalue weighted by atomic mass is 10.1. The molecule has 1 N–H and O–H groups in total. The SMILES string of the molecule is COc1ccc(C(=O)O)cc1CN1CCN(C(C)=O)CC1. The fraction of sp³-hybridized carbons (Fsp3) is 0.467. The van der Waals surface area contributed by atoms with Crippen LogP contribution >= 0.6 is 0 Å². The summed E-state index contributed by atoms with van der Waals surface area (Å²) in [4.78, 5) is 26.4. The summed E-state index contributed by atoms with van der Waals surface area (Å²) in [5.41, 5.74) is 1.11. The maximum Gasteiger partial charge on any atom is 0.335 e. The zero-order valence-corrected chi connectivity index (χ0v) is 12.3. The van der Waals surface area contributed by atoms with E-state index in [-0.39, 0.29) is 11.5 Å². The molecular formula is C15H20N2O4. The Labute approximate surface area is 123 Å². The molecule has 1 heterocycles. The summed E-state index contributed by atoms with van der Waals surface area (Å²) in [5, 5.41) is 9.08. The van der Waals surface area contributed by atoms with Crippen molar-refractivity contribution >= 4 is 11.9 Å². The minimum atomic E-state index is -0.944. The molecule has 2 rings (SSSR count). The van der Waals surface area contributed by atoms with Crippen molar-refractivity contribution in [1.82, 2.24) is 9.80 Å². The van der Waals surface area contributed by atoms with Crippen molar-refractivity contribution in [2.24, 2.45) is 0 Å². The molecule has 21 heavy (non-hydrogen) atoms. The first kappa shape index (κ1) is 15.3. The minimum absolute atomic E-state index is 0.0973. The summed E-state index contributed by atoms with van der Waals surface area (Å²) in [6.45, 7) is 5.16. The summed E-state index contributed by atoms with van der Waals surface area (Å²) in [6, 6.07) is 4.88. The Bertz CT molecular complexity index is 536. The molecule has 0 bridgehead atoms. The highest BCUT2D eigenvalue weighted by molar-refractivity contribution is 5.88. The number of rotatable bonds is 4. The lowest BCUT2D eigenvalue weighted by Gasteiger charge is -2.34. The van der Waals surface area contributed by atoms with Gasteiger partial charge < -0.3 is 14.7 Å². The number of carboxylic acid groups (broad SMARTS) is 1. The molecule has 6 heteroatoms. The molecule has 0 atom stereocenters. The van der Waals surface area contributed by atoms with Gasteiger partial charge in [-0.3, -0.25) is 9.69 Å². The van der Waals surface area contributed by atoms with Crippen molar-refractivity contribution in [2.45, 2.75) is 13.5 Å². The Balaban J connectivity index is 2.07. The maximum absolute atomic E-state index is 11.3. The van der Waals surface area contributed by atoms with E-state index in [0.29, 0.717) is 25.4 Å². The molecule has 1 fully saturated rings. The maximum atomic E-state index is 11.3. The highest BCUT2D eigenvalue weighted by atomic mass is 16.5. The van der Waals surface area contributed by atoms with Gasteiger partial charge in [-0.2, -0.15) is 0 Å². The molecule has 1 aromatic rings. The van der Waals surface area contributed by atoms with E-state index < -0.39 is 5.97 Å². The van der Waals surface area contributed by atoms with Gasteiger partial charge in [-0.15, -0.1) is 0 Å². The standard InChI is InChI=1S/C15H20N2O4/c1-11(18)17-7-5-16(6-8-17)10-13-9-12(15(19)20)3-4-14(13)21-2/h3-4,9H,5-8,10H2,1-2H3,(H,19,20). The first-order valence-corrected chi connectivity index (χ1v) is 6.89. The van der Waals surface area contributed by atoms with Gasteiger partial charge in [0.25, 0.3) is 0 Å². The topological polar surface area (TPSA) is 70.1 Å². The number of carbonyl (C=O) groups excluding carboxylic acids is 1. The number of ether oxygens (including phenoxy) is 1. The predicted molar refractivity (Wildman–Crippen MR) is 77.5 cm³/mol. The van der Waals surface area contributed by atoms with E-state index in [0.717, 1.165) is 18.7 Å². The Kier molecular flexibility index (Phi) is 4.80. The third-order valence-electron chi connectivity index (χ3n) is 3.74. The number of aromatic carboxylic acids is 1. The number of piperazine rings is 1. The monoisotopic (exact) mass is 292 g/mol. The Morgan fingerprint density at radius 3 is 2.43 bits per heavy atom. The Hall–Kier alpha value is -2.08. The normalized spacial score (nSPS) is 15.8. The van der Waals surface area contributed by atoms with Gasteiger partial charge in [0.15, 0.2) is 0 Å². The van der Waals surface area contributed by atoms with Crippen LogP contribution in [0.15, 0.2) is 18.2 Å². The van der Waals surface area contributed by atoms with Crippen molar-refractivity contribution in [1.29, 1.82) is 0 Å². The van der Waals surface area contributed by atoms with Crippen LogP contribution < -0.4 is 4.74 Å². The van der Waals surface area contributed by atoms with Crippen LogP contribution in [0.25, 0.3) is 0 Å². The average molecular weight is 292 g/mol. The van der Waals surface area contributed by atoms with Crippen molar-refractivity contribution in [2.75, 3.05) is 33.3 Å². The zero-order valence-electron chi connectivity index (χ0n) is 12.3. The van der Waals surface area contributed by atoms with Crippen LogP contribution in [-0.2, 0) is 11.3 Å². The second kappa shape index (κ2) is 6.58. The van der Waals surface area contributed by atoms with Crippen LogP contribution in [-0.4, -0.2) is 60.1 Å². The van der Waals surface area contributed by atoms with Crippen molar-refractivity contribution in [3.63, 3.8) is 0 Å². The van der Waals surface area contributed by atoms with Gasteiger partial charge in [-0.05, 0) is 18.2 Å². The summed E-state index contributed by atoms with van der Waals surface area (Å²) in [5.74, 6) is -0.158. The molecule has 1 amide bonds. The number of methoxy groups -OCH3 is 1. The van der Waals surface area contributed by atoms with E-state index >= 15 is 0 Å². The van der Waals surface area contributed by atoms with Gasteiger partial charge in [0.1, 0.15) is 5.75 Å². The van der Waals surface area contributed by atoms with E-state index in [1.807, 2.05) is 4.90 Å². The molecule has 114 valence electrons. The minimum Gasteiger partial charge on any atom is -0.496 e. The van der Waals surface area contributed by atoms with Crippen LogP contribution in [0, 0.1) is 0 Å². The number of hydrogen-bond acceptors (Lipinski definition) is 4. The van der Waals surface area contributed by atoms with Crippen LogP contribution in [0.4, 0.5) is 0 Å². The Morgan fingerprint density at radius 1 is 1.24 bits per heavy atom. The summed E-state index contributed by atoms with van der Waals surface area (Å²) >= 11 is 0. The van der Waals surface area contributed by atoms with Gasteiger partial charge in [0, 0.05) is 45.2 Å². The number of nitrogens with zero attached hydrogens (tertiary/aromatic N) is 2. The predicted octanol–water partition coefficient (Wildman–Crippen LogP) is 1.06. The number of amides is 1. The van der Waals surface area contributed by atoms with E-state index in [1.54, 1.807) is 32.2 Å². The zero-order chi connectivity index (χ0) is 15.4. The van der Waals surface area contributed by atoms with Crippen molar-refractivity contribution in [3.05, 3.63) is 29.3 Å². The van der Waals surface area contributed by atoms with E-state index in [1.165, 1.54) is 0 Å². The molecule has 1 aromatic carbocycles. The van der Waals surface area contributed by atoms with Gasteiger partial charge in [0.05, 0.1) is 12.7 Å². The first-order valence-electron chi connectivity index (χ1n) is 6.89. The quantitative estimate of drug-likeness (QED) is 0.898. The van der Waals surface area contributed by atoms with E-state index in [2.05, 4.69) is 4.90 Å². The fourth-order valence-corrected chi connectivity index (χ4v) is 2.50. The average Bonchev–Trinajstić information content (AvgIpc) is 2.47. The molecule has 0 saturated carbocycles. The van der Waals surface area contributed by atoms with Crippen LogP contribution in [0.5, 0.6) is 5.75 Å². The molecule has 0 aliphatic carbocycles. The second-order valence-corrected chi connectivity index (χ2v) is 5.11. The number of carboxylic acids is 1. The molecule has 1 aliphatic heterocycles.